The molecule has 0 aliphatic carbocycles. The lowest BCUT2D eigenvalue weighted by molar-refractivity contribution is 0.0954. The molecule has 0 aliphatic heterocycles. The lowest BCUT2D eigenvalue weighted by atomic mass is 10.2. The van der Waals surface area contributed by atoms with Crippen molar-refractivity contribution in [3.05, 3.63) is 88.9 Å². The summed E-state index contributed by atoms with van der Waals surface area (Å²) in [4.78, 5) is 17.3. The second-order valence-electron chi connectivity index (χ2n) is 7.42. The van der Waals surface area contributed by atoms with Crippen molar-refractivity contribution in [2.45, 2.75) is 18.2 Å². The van der Waals surface area contributed by atoms with Crippen molar-refractivity contribution in [1.29, 1.82) is 0 Å². The molecule has 0 bridgehead atoms. The molecule has 1 heterocycles. The third-order valence-corrected chi connectivity index (χ3v) is 7.99. The number of fused-ring (bicyclic) bond motifs is 1. The number of rotatable bonds is 7. The van der Waals surface area contributed by atoms with Gasteiger partial charge in [0.1, 0.15) is 0 Å². The molecule has 1 aromatic heterocycles. The smallest absolute Gasteiger partial charge is 0.264 e. The van der Waals surface area contributed by atoms with Crippen molar-refractivity contribution >= 4 is 43.2 Å². The second-order valence-corrected chi connectivity index (χ2v) is 10.5. The van der Waals surface area contributed by atoms with Gasteiger partial charge in [0, 0.05) is 25.6 Å². The number of carbonyl (C=O) groups excluding carboxylic acids is 1. The maximum absolute atomic E-state index is 13.1. The van der Waals surface area contributed by atoms with E-state index in [1.54, 1.807) is 35.6 Å². The number of amides is 1. The summed E-state index contributed by atoms with van der Waals surface area (Å²) in [5.74, 6) is -0.318. The average molecular weight is 466 g/mol. The molecule has 1 N–H and O–H groups in total. The van der Waals surface area contributed by atoms with Gasteiger partial charge in [-0.1, -0.05) is 35.9 Å². The van der Waals surface area contributed by atoms with E-state index >= 15 is 0 Å². The molecule has 164 valence electrons. The molecule has 4 aromatic rings. The number of sulfonamides is 1. The molecular formula is C24H23N3O3S2. The monoisotopic (exact) mass is 465 g/mol. The van der Waals surface area contributed by atoms with E-state index in [1.807, 2.05) is 43.3 Å². The van der Waals surface area contributed by atoms with E-state index in [4.69, 9.17) is 0 Å². The highest BCUT2D eigenvalue weighted by molar-refractivity contribution is 7.92. The summed E-state index contributed by atoms with van der Waals surface area (Å²) in [6.07, 6.45) is 0.610. The topological polar surface area (TPSA) is 79.4 Å². The van der Waals surface area contributed by atoms with E-state index < -0.39 is 10.0 Å². The van der Waals surface area contributed by atoms with Crippen molar-refractivity contribution in [1.82, 2.24) is 10.3 Å². The van der Waals surface area contributed by atoms with Gasteiger partial charge in [0.15, 0.2) is 0 Å². The third kappa shape index (κ3) is 4.66. The van der Waals surface area contributed by atoms with Gasteiger partial charge in [0.2, 0.25) is 0 Å². The van der Waals surface area contributed by atoms with Crippen LogP contribution < -0.4 is 9.62 Å². The molecule has 6 nitrogen and oxygen atoms in total. The molecule has 3 aromatic carbocycles. The molecule has 0 aliphatic rings. The van der Waals surface area contributed by atoms with Gasteiger partial charge >= 0.3 is 0 Å². The van der Waals surface area contributed by atoms with Gasteiger partial charge in [0.05, 0.1) is 25.8 Å². The lowest BCUT2D eigenvalue weighted by Crippen LogP contribution is -2.28. The van der Waals surface area contributed by atoms with E-state index in [1.165, 1.54) is 23.5 Å². The highest BCUT2D eigenvalue weighted by Gasteiger charge is 2.22. The average Bonchev–Trinajstić information content (AvgIpc) is 3.22. The van der Waals surface area contributed by atoms with Crippen LogP contribution >= 0.6 is 11.3 Å². The number of nitrogens with one attached hydrogen (secondary N) is 1. The number of thiazole rings is 1. The Kier molecular flexibility index (Phi) is 6.25. The third-order valence-electron chi connectivity index (χ3n) is 5.11. The van der Waals surface area contributed by atoms with Crippen molar-refractivity contribution in [3.8, 4) is 0 Å². The van der Waals surface area contributed by atoms with Crippen LogP contribution in [0.1, 0.15) is 20.9 Å². The summed E-state index contributed by atoms with van der Waals surface area (Å²) >= 11 is 1.61. The molecule has 0 fully saturated rings. The number of benzene rings is 3. The van der Waals surface area contributed by atoms with Gasteiger partial charge in [-0.05, 0) is 49.4 Å². The quantitative estimate of drug-likeness (QED) is 0.439. The van der Waals surface area contributed by atoms with Crippen LogP contribution in [-0.4, -0.2) is 32.9 Å². The standard InChI is InChI=1S/C24H23N3O3S2/c1-17-10-12-19(13-11-17)27(2)32(29,30)20-7-5-6-18(16-20)24(28)25-15-14-23-26-21-8-3-4-9-22(21)31-23/h3-13,16H,14-15H2,1-2H3,(H,25,28). The molecule has 0 atom stereocenters. The Labute approximate surface area is 191 Å². The molecule has 32 heavy (non-hydrogen) atoms. The summed E-state index contributed by atoms with van der Waals surface area (Å²) in [6, 6.07) is 21.2. The summed E-state index contributed by atoms with van der Waals surface area (Å²) in [7, 11) is -2.29. The molecule has 8 heteroatoms. The summed E-state index contributed by atoms with van der Waals surface area (Å²) in [5, 5.41) is 3.80. The van der Waals surface area contributed by atoms with Gasteiger partial charge in [-0.25, -0.2) is 13.4 Å². The molecular weight excluding hydrogens is 442 g/mol. The fourth-order valence-electron chi connectivity index (χ4n) is 3.26. The fourth-order valence-corrected chi connectivity index (χ4v) is 5.47. The predicted molar refractivity (Wildman–Crippen MR) is 129 cm³/mol. The van der Waals surface area contributed by atoms with Crippen molar-refractivity contribution in [2.75, 3.05) is 17.9 Å². The zero-order valence-corrected chi connectivity index (χ0v) is 19.4. The number of nitrogens with zero attached hydrogens (tertiary/aromatic N) is 2. The Balaban J connectivity index is 1.44. The first-order valence-electron chi connectivity index (χ1n) is 10.1. The van der Waals surface area contributed by atoms with E-state index in [2.05, 4.69) is 10.3 Å². The summed E-state index contributed by atoms with van der Waals surface area (Å²) < 4.78 is 28.5. The van der Waals surface area contributed by atoms with Gasteiger partial charge in [-0.15, -0.1) is 11.3 Å². The van der Waals surface area contributed by atoms with Crippen LogP contribution in [0.4, 0.5) is 5.69 Å². The van der Waals surface area contributed by atoms with E-state index in [0.29, 0.717) is 24.2 Å². The largest absolute Gasteiger partial charge is 0.352 e. The molecule has 4 rings (SSSR count). The first-order chi connectivity index (χ1) is 15.3. The molecule has 0 saturated heterocycles. The first kappa shape index (κ1) is 22.0. The van der Waals surface area contributed by atoms with Crippen LogP contribution in [0, 0.1) is 6.92 Å². The van der Waals surface area contributed by atoms with Crippen LogP contribution in [-0.2, 0) is 16.4 Å². The number of hydrogen-bond acceptors (Lipinski definition) is 5. The minimum atomic E-state index is -3.79. The molecule has 0 spiro atoms. The van der Waals surface area contributed by atoms with Crippen molar-refractivity contribution in [2.24, 2.45) is 0 Å². The maximum atomic E-state index is 13.1. The van der Waals surface area contributed by atoms with Crippen LogP contribution in [0.25, 0.3) is 10.2 Å². The van der Waals surface area contributed by atoms with Gasteiger partial charge in [-0.3, -0.25) is 9.10 Å². The van der Waals surface area contributed by atoms with E-state index in [9.17, 15) is 13.2 Å². The SMILES string of the molecule is Cc1ccc(N(C)S(=O)(=O)c2cccc(C(=O)NCCc3nc4ccccc4s3)c2)cc1. The number of aromatic nitrogens is 1. The minimum absolute atomic E-state index is 0.0689. The number of carbonyl (C=O) groups is 1. The van der Waals surface area contributed by atoms with Gasteiger partial charge < -0.3 is 5.32 Å². The van der Waals surface area contributed by atoms with Crippen LogP contribution in [0.15, 0.2) is 77.7 Å². The number of aryl methyl sites for hydroxylation is 1. The van der Waals surface area contributed by atoms with Gasteiger partial charge in [0.25, 0.3) is 15.9 Å². The maximum Gasteiger partial charge on any atom is 0.264 e. The fraction of sp³-hybridized carbons (Fsp3) is 0.167. The molecule has 0 unspecified atom stereocenters. The lowest BCUT2D eigenvalue weighted by Gasteiger charge is -2.20. The highest BCUT2D eigenvalue weighted by Crippen LogP contribution is 2.23. The van der Waals surface area contributed by atoms with Crippen molar-refractivity contribution < 1.29 is 13.2 Å². The number of para-hydroxylation sites is 1. The number of hydrogen-bond donors (Lipinski definition) is 1. The second kappa shape index (κ2) is 9.10. The molecule has 1 amide bonds. The molecule has 0 saturated carbocycles. The van der Waals surface area contributed by atoms with E-state index in [-0.39, 0.29) is 10.8 Å². The first-order valence-corrected chi connectivity index (χ1v) is 12.4. The number of anilines is 1. The van der Waals surface area contributed by atoms with Crippen LogP contribution in [0.5, 0.6) is 0 Å². The Morgan fingerprint density at radius 1 is 1.03 bits per heavy atom. The van der Waals surface area contributed by atoms with E-state index in [0.717, 1.165) is 20.8 Å². The Morgan fingerprint density at radius 2 is 1.78 bits per heavy atom. The van der Waals surface area contributed by atoms with Crippen LogP contribution in [0.3, 0.4) is 0 Å². The van der Waals surface area contributed by atoms with Crippen LogP contribution in [0.2, 0.25) is 0 Å². The zero-order chi connectivity index (χ0) is 22.7. The Morgan fingerprint density at radius 3 is 2.53 bits per heavy atom. The van der Waals surface area contributed by atoms with Crippen molar-refractivity contribution in [3.63, 3.8) is 0 Å². The predicted octanol–water partition coefficient (Wildman–Crippen LogP) is 4.40. The Hall–Kier alpha value is -3.23. The summed E-state index contributed by atoms with van der Waals surface area (Å²) in [6.45, 7) is 2.36. The highest BCUT2D eigenvalue weighted by atomic mass is 32.2. The normalized spacial score (nSPS) is 11.4. The minimum Gasteiger partial charge on any atom is -0.352 e. The van der Waals surface area contributed by atoms with Gasteiger partial charge in [-0.2, -0.15) is 0 Å². The Bertz CT molecular complexity index is 1330. The molecule has 0 radical (unpaired) electrons. The summed E-state index contributed by atoms with van der Waals surface area (Å²) in [5.41, 5.74) is 2.85. The zero-order valence-electron chi connectivity index (χ0n) is 17.8.